The molecule has 0 amide bonds. The molecule has 0 saturated heterocycles. The van der Waals surface area contributed by atoms with Crippen molar-refractivity contribution in [1.29, 1.82) is 0 Å². The first-order valence-corrected chi connectivity index (χ1v) is 8.23. The smallest absolute Gasteiger partial charge is 0.0417 e. The molecule has 0 aromatic heterocycles. The molecular weight excluding hydrogens is 492 g/mol. The molecule has 0 fully saturated rings. The van der Waals surface area contributed by atoms with Crippen molar-refractivity contribution in [3.63, 3.8) is 0 Å². The van der Waals surface area contributed by atoms with Crippen LogP contribution in [0.3, 0.4) is 0 Å². The fraction of sp³-hybridized carbons (Fsp3) is 0.0769. The van der Waals surface area contributed by atoms with Crippen LogP contribution in [0.5, 0.6) is 0 Å². The first kappa shape index (κ1) is 14.6. The molecule has 0 radical (unpaired) electrons. The summed E-state index contributed by atoms with van der Waals surface area (Å²) >= 11 is 15.2. The summed E-state index contributed by atoms with van der Waals surface area (Å²) in [5.74, 6) is 0. The van der Waals surface area contributed by atoms with Crippen LogP contribution in [0.1, 0.15) is 5.56 Å². The summed E-state index contributed by atoms with van der Waals surface area (Å²) in [7, 11) is 0. The number of anilines is 1. The highest BCUT2D eigenvalue weighted by molar-refractivity contribution is 14.1. The second-order valence-corrected chi connectivity index (χ2v) is 7.03. The Bertz CT molecular complexity index is 575. The maximum atomic E-state index is 5.92. The quantitative estimate of drug-likeness (QED) is 0.503. The molecule has 94 valence electrons. The highest BCUT2D eigenvalue weighted by atomic mass is 127. The zero-order chi connectivity index (χ0) is 13.1. The summed E-state index contributed by atoms with van der Waals surface area (Å²) in [5.41, 5.74) is 2.28. The molecule has 0 aliphatic carbocycles. The molecule has 0 spiro atoms. The third kappa shape index (κ3) is 3.85. The van der Waals surface area contributed by atoms with Gasteiger partial charge in [-0.25, -0.2) is 0 Å². The predicted octanol–water partition coefficient (Wildman–Crippen LogP) is 6.08. The fourth-order valence-corrected chi connectivity index (χ4v) is 3.05. The third-order valence-electron chi connectivity index (χ3n) is 2.42. The molecule has 2 aromatic carbocycles. The third-order valence-corrected chi connectivity index (χ3v) is 5.72. The molecule has 1 nitrogen and oxygen atoms in total. The minimum Gasteiger partial charge on any atom is -0.381 e. The molecule has 1 N–H and O–H groups in total. The van der Waals surface area contributed by atoms with Crippen LogP contribution in [0, 0.1) is 3.57 Å². The number of halogens is 4. The van der Waals surface area contributed by atoms with Gasteiger partial charge in [-0.3, -0.25) is 0 Å². The van der Waals surface area contributed by atoms with Crippen LogP contribution < -0.4 is 5.32 Å². The van der Waals surface area contributed by atoms with Gasteiger partial charge in [-0.05, 0) is 74.4 Å². The van der Waals surface area contributed by atoms with E-state index in [-0.39, 0.29) is 0 Å². The Hall–Kier alpha value is 0.220. The summed E-state index contributed by atoms with van der Waals surface area (Å²) in [6.07, 6.45) is 0. The zero-order valence-corrected chi connectivity index (χ0v) is 15.3. The molecule has 0 heterocycles. The lowest BCUT2D eigenvalue weighted by molar-refractivity contribution is 1.14. The minimum absolute atomic E-state index is 0.740. The Morgan fingerprint density at radius 1 is 1.06 bits per heavy atom. The Labute approximate surface area is 142 Å². The molecular formula is C13H9Br2ClIN. The van der Waals surface area contributed by atoms with E-state index < -0.39 is 0 Å². The Morgan fingerprint density at radius 3 is 2.50 bits per heavy atom. The second-order valence-electron chi connectivity index (χ2n) is 3.72. The van der Waals surface area contributed by atoms with E-state index in [0.717, 1.165) is 26.2 Å². The van der Waals surface area contributed by atoms with Crippen molar-refractivity contribution in [2.45, 2.75) is 6.54 Å². The average Bonchev–Trinajstić information content (AvgIpc) is 2.32. The topological polar surface area (TPSA) is 12.0 Å². The highest BCUT2D eigenvalue weighted by Crippen LogP contribution is 2.25. The first-order chi connectivity index (χ1) is 8.56. The van der Waals surface area contributed by atoms with Gasteiger partial charge < -0.3 is 5.32 Å². The molecule has 2 aromatic rings. The van der Waals surface area contributed by atoms with Crippen molar-refractivity contribution in [3.8, 4) is 0 Å². The van der Waals surface area contributed by atoms with E-state index in [1.54, 1.807) is 0 Å². The molecule has 5 heteroatoms. The number of hydrogen-bond acceptors (Lipinski definition) is 1. The van der Waals surface area contributed by atoms with Gasteiger partial charge >= 0.3 is 0 Å². The van der Waals surface area contributed by atoms with Crippen molar-refractivity contribution >= 4 is 71.7 Å². The number of hydrogen-bond donors (Lipinski definition) is 1. The SMILES string of the molecule is Clc1ccc(CNc2ccc(Br)c(I)c2)c(Br)c1. The van der Waals surface area contributed by atoms with Gasteiger partial charge in [0.2, 0.25) is 0 Å². The second kappa shape index (κ2) is 6.59. The van der Waals surface area contributed by atoms with Crippen LogP contribution in [0.4, 0.5) is 5.69 Å². The summed E-state index contributed by atoms with van der Waals surface area (Å²) in [4.78, 5) is 0. The number of benzene rings is 2. The van der Waals surface area contributed by atoms with Crippen molar-refractivity contribution in [1.82, 2.24) is 0 Å². The average molecular weight is 501 g/mol. The summed E-state index contributed by atoms with van der Waals surface area (Å²) in [5, 5.41) is 4.13. The van der Waals surface area contributed by atoms with Gasteiger partial charge in [0.15, 0.2) is 0 Å². The molecule has 0 saturated carbocycles. The maximum absolute atomic E-state index is 5.92. The molecule has 0 aliphatic heterocycles. The van der Waals surface area contributed by atoms with E-state index in [9.17, 15) is 0 Å². The standard InChI is InChI=1S/C13H9Br2ClIN/c14-11-4-3-10(6-13(11)17)18-7-8-1-2-9(16)5-12(8)15/h1-6,18H,7H2. The van der Waals surface area contributed by atoms with Crippen LogP contribution in [0.15, 0.2) is 45.3 Å². The molecule has 18 heavy (non-hydrogen) atoms. The van der Waals surface area contributed by atoms with Gasteiger partial charge in [0.1, 0.15) is 0 Å². The number of nitrogens with one attached hydrogen (secondary N) is 1. The van der Waals surface area contributed by atoms with Crippen LogP contribution in [-0.2, 0) is 6.54 Å². The van der Waals surface area contributed by atoms with E-state index in [1.807, 2.05) is 24.3 Å². The van der Waals surface area contributed by atoms with Gasteiger partial charge in [0.05, 0.1) is 0 Å². The van der Waals surface area contributed by atoms with Crippen LogP contribution in [0.2, 0.25) is 5.02 Å². The first-order valence-electron chi connectivity index (χ1n) is 5.19. The lowest BCUT2D eigenvalue weighted by atomic mass is 10.2. The van der Waals surface area contributed by atoms with Crippen LogP contribution in [0.25, 0.3) is 0 Å². The van der Waals surface area contributed by atoms with Crippen LogP contribution in [-0.4, -0.2) is 0 Å². The van der Waals surface area contributed by atoms with Crippen molar-refractivity contribution < 1.29 is 0 Å². The van der Waals surface area contributed by atoms with E-state index in [0.29, 0.717) is 0 Å². The minimum atomic E-state index is 0.740. The largest absolute Gasteiger partial charge is 0.381 e. The lowest BCUT2D eigenvalue weighted by Gasteiger charge is -2.09. The van der Waals surface area contributed by atoms with E-state index >= 15 is 0 Å². The van der Waals surface area contributed by atoms with E-state index in [1.165, 1.54) is 9.13 Å². The van der Waals surface area contributed by atoms with E-state index in [2.05, 4.69) is 71.9 Å². The summed E-state index contributed by atoms with van der Waals surface area (Å²) < 4.78 is 3.32. The van der Waals surface area contributed by atoms with Gasteiger partial charge in [0, 0.05) is 29.8 Å². The van der Waals surface area contributed by atoms with Gasteiger partial charge in [-0.1, -0.05) is 33.6 Å². The van der Waals surface area contributed by atoms with Crippen molar-refractivity contribution in [3.05, 3.63) is 59.5 Å². The summed E-state index contributed by atoms with van der Waals surface area (Å²) in [6, 6.07) is 12.0. The number of rotatable bonds is 3. The monoisotopic (exact) mass is 499 g/mol. The maximum Gasteiger partial charge on any atom is 0.0417 e. The highest BCUT2D eigenvalue weighted by Gasteiger charge is 2.02. The normalized spacial score (nSPS) is 10.4. The van der Waals surface area contributed by atoms with Crippen molar-refractivity contribution in [2.24, 2.45) is 0 Å². The Balaban J connectivity index is 2.09. The Morgan fingerprint density at radius 2 is 1.83 bits per heavy atom. The van der Waals surface area contributed by atoms with Gasteiger partial charge in [-0.15, -0.1) is 0 Å². The molecule has 2 rings (SSSR count). The van der Waals surface area contributed by atoms with Gasteiger partial charge in [0.25, 0.3) is 0 Å². The molecule has 0 aliphatic rings. The van der Waals surface area contributed by atoms with E-state index in [4.69, 9.17) is 11.6 Å². The lowest BCUT2D eigenvalue weighted by Crippen LogP contribution is -2.00. The van der Waals surface area contributed by atoms with Gasteiger partial charge in [-0.2, -0.15) is 0 Å². The Kier molecular flexibility index (Phi) is 5.35. The predicted molar refractivity (Wildman–Crippen MR) is 93.3 cm³/mol. The molecule has 0 atom stereocenters. The zero-order valence-electron chi connectivity index (χ0n) is 9.18. The summed E-state index contributed by atoms with van der Waals surface area (Å²) in [6.45, 7) is 0.759. The molecule has 0 unspecified atom stereocenters. The fourth-order valence-electron chi connectivity index (χ4n) is 1.47. The van der Waals surface area contributed by atoms with Crippen LogP contribution >= 0.6 is 66.1 Å². The van der Waals surface area contributed by atoms with Crippen molar-refractivity contribution in [2.75, 3.05) is 5.32 Å². The molecule has 0 bridgehead atoms.